The van der Waals surface area contributed by atoms with Gasteiger partial charge in [-0.1, -0.05) is 13.8 Å². The van der Waals surface area contributed by atoms with Crippen LogP contribution in [0.2, 0.25) is 0 Å². The molecule has 0 radical (unpaired) electrons. The van der Waals surface area contributed by atoms with Crippen LogP contribution < -0.4 is 15.8 Å². The van der Waals surface area contributed by atoms with E-state index in [0.717, 1.165) is 0 Å². The molecule has 0 aliphatic rings. The number of ether oxygens (including phenoxy) is 1. The number of tetrazole rings is 1. The molecule has 8 nitrogen and oxygen atoms in total. The van der Waals surface area contributed by atoms with Gasteiger partial charge in [0.15, 0.2) is 5.82 Å². The number of hydrogen-bond donors (Lipinski definition) is 2. The monoisotopic (exact) mass is 318 g/mol. The van der Waals surface area contributed by atoms with E-state index < -0.39 is 6.04 Å². The molecule has 0 saturated carbocycles. The summed E-state index contributed by atoms with van der Waals surface area (Å²) in [5.74, 6) is 1.35. The average molecular weight is 318 g/mol. The number of anilines is 1. The lowest BCUT2D eigenvalue weighted by molar-refractivity contribution is -0.117. The molecule has 1 aromatic carbocycles. The Balaban J connectivity index is 2.25. The lowest BCUT2D eigenvalue weighted by Gasteiger charge is -2.15. The number of hydrogen-bond acceptors (Lipinski definition) is 6. The number of carbonyl (C=O) groups is 1. The standard InChI is InChI=1S/C15H22N6O2/c1-9(2)7-12(16)15(22)17-11-5-6-14(23-4)13(8-11)21-10(3)18-19-20-21/h5-6,8-9,12H,7,16H2,1-4H3,(H,17,22)/t12-/m0/s1. The number of nitrogens with one attached hydrogen (secondary N) is 1. The summed E-state index contributed by atoms with van der Waals surface area (Å²) >= 11 is 0. The Hall–Kier alpha value is -2.48. The third-order valence-corrected chi connectivity index (χ3v) is 3.36. The number of aryl methyl sites for hydroxylation is 1. The normalized spacial score (nSPS) is 12.3. The molecule has 1 aromatic heterocycles. The highest BCUT2D eigenvalue weighted by Crippen LogP contribution is 2.26. The molecule has 1 heterocycles. The van der Waals surface area contributed by atoms with Gasteiger partial charge in [-0.05, 0) is 47.9 Å². The zero-order valence-corrected chi connectivity index (χ0v) is 13.8. The minimum absolute atomic E-state index is 0.219. The van der Waals surface area contributed by atoms with Crippen molar-refractivity contribution in [1.82, 2.24) is 20.2 Å². The van der Waals surface area contributed by atoms with Gasteiger partial charge in [0.1, 0.15) is 11.4 Å². The SMILES string of the molecule is COc1ccc(NC(=O)[C@@H](N)CC(C)C)cc1-n1nnnc1C. The molecule has 0 saturated heterocycles. The van der Waals surface area contributed by atoms with Crippen LogP contribution in [-0.2, 0) is 4.79 Å². The molecule has 3 N–H and O–H groups in total. The molecule has 0 spiro atoms. The van der Waals surface area contributed by atoms with E-state index in [2.05, 4.69) is 20.8 Å². The summed E-state index contributed by atoms with van der Waals surface area (Å²) < 4.78 is 6.87. The van der Waals surface area contributed by atoms with Crippen LogP contribution >= 0.6 is 0 Å². The number of methoxy groups -OCH3 is 1. The molecule has 0 aliphatic carbocycles. The van der Waals surface area contributed by atoms with E-state index in [0.29, 0.717) is 35.3 Å². The van der Waals surface area contributed by atoms with E-state index in [9.17, 15) is 4.79 Å². The van der Waals surface area contributed by atoms with Crippen LogP contribution in [0, 0.1) is 12.8 Å². The van der Waals surface area contributed by atoms with E-state index in [-0.39, 0.29) is 5.91 Å². The third kappa shape index (κ3) is 4.04. The fourth-order valence-corrected chi connectivity index (χ4v) is 2.24. The lowest BCUT2D eigenvalue weighted by atomic mass is 10.0. The molecule has 0 bridgehead atoms. The Kier molecular flexibility index (Phi) is 5.28. The third-order valence-electron chi connectivity index (χ3n) is 3.36. The van der Waals surface area contributed by atoms with Gasteiger partial charge in [-0.2, -0.15) is 4.68 Å². The van der Waals surface area contributed by atoms with Gasteiger partial charge in [-0.15, -0.1) is 5.10 Å². The number of nitrogens with two attached hydrogens (primary N) is 1. The van der Waals surface area contributed by atoms with Gasteiger partial charge < -0.3 is 15.8 Å². The molecule has 0 fully saturated rings. The van der Waals surface area contributed by atoms with Gasteiger partial charge >= 0.3 is 0 Å². The van der Waals surface area contributed by atoms with Crippen molar-refractivity contribution >= 4 is 11.6 Å². The van der Waals surface area contributed by atoms with Crippen molar-refractivity contribution in [1.29, 1.82) is 0 Å². The fourth-order valence-electron chi connectivity index (χ4n) is 2.24. The predicted octanol–water partition coefficient (Wildman–Crippen LogP) is 1.29. The first-order valence-corrected chi connectivity index (χ1v) is 7.42. The largest absolute Gasteiger partial charge is 0.494 e. The maximum Gasteiger partial charge on any atom is 0.241 e. The Morgan fingerprint density at radius 3 is 2.74 bits per heavy atom. The highest BCUT2D eigenvalue weighted by molar-refractivity contribution is 5.95. The Bertz CT molecular complexity index is 682. The summed E-state index contributed by atoms with van der Waals surface area (Å²) in [5.41, 5.74) is 7.16. The van der Waals surface area contributed by atoms with Crippen molar-refractivity contribution in [2.75, 3.05) is 12.4 Å². The lowest BCUT2D eigenvalue weighted by Crippen LogP contribution is -2.36. The smallest absolute Gasteiger partial charge is 0.241 e. The molecule has 0 unspecified atom stereocenters. The van der Waals surface area contributed by atoms with Crippen molar-refractivity contribution < 1.29 is 9.53 Å². The molecule has 2 aromatic rings. The summed E-state index contributed by atoms with van der Waals surface area (Å²) in [6, 6.07) is 4.71. The zero-order valence-electron chi connectivity index (χ0n) is 13.8. The number of amides is 1. The van der Waals surface area contributed by atoms with Crippen LogP contribution in [0.3, 0.4) is 0 Å². The molecule has 2 rings (SSSR count). The van der Waals surface area contributed by atoms with Crippen LogP contribution in [0.25, 0.3) is 5.69 Å². The molecule has 0 aliphatic heterocycles. The van der Waals surface area contributed by atoms with E-state index in [1.54, 1.807) is 36.9 Å². The van der Waals surface area contributed by atoms with Crippen molar-refractivity contribution in [2.24, 2.45) is 11.7 Å². The van der Waals surface area contributed by atoms with Gasteiger partial charge in [0.25, 0.3) is 0 Å². The van der Waals surface area contributed by atoms with Crippen molar-refractivity contribution in [3.05, 3.63) is 24.0 Å². The maximum atomic E-state index is 12.2. The topological polar surface area (TPSA) is 108 Å². The molecule has 8 heteroatoms. The molecule has 23 heavy (non-hydrogen) atoms. The summed E-state index contributed by atoms with van der Waals surface area (Å²) in [4.78, 5) is 12.2. The van der Waals surface area contributed by atoms with E-state index in [1.807, 2.05) is 13.8 Å². The molecule has 1 amide bonds. The van der Waals surface area contributed by atoms with Crippen LogP contribution in [0.5, 0.6) is 5.75 Å². The van der Waals surface area contributed by atoms with Gasteiger partial charge in [0.05, 0.1) is 13.2 Å². The predicted molar refractivity (Wildman–Crippen MR) is 86.5 cm³/mol. The zero-order chi connectivity index (χ0) is 17.0. The first kappa shape index (κ1) is 16.9. The molecule has 124 valence electrons. The second-order valence-corrected chi connectivity index (χ2v) is 5.75. The van der Waals surface area contributed by atoms with Gasteiger partial charge in [-0.3, -0.25) is 4.79 Å². The number of nitrogens with zero attached hydrogens (tertiary/aromatic N) is 4. The van der Waals surface area contributed by atoms with Crippen molar-refractivity contribution in [3.63, 3.8) is 0 Å². The van der Waals surface area contributed by atoms with Gasteiger partial charge in [-0.25, -0.2) is 0 Å². The number of aromatic nitrogens is 4. The average Bonchev–Trinajstić information content (AvgIpc) is 2.92. The Labute approximate surface area is 135 Å². The van der Waals surface area contributed by atoms with Crippen molar-refractivity contribution in [3.8, 4) is 11.4 Å². The van der Waals surface area contributed by atoms with Gasteiger partial charge in [0.2, 0.25) is 5.91 Å². The Morgan fingerprint density at radius 2 is 2.17 bits per heavy atom. The van der Waals surface area contributed by atoms with E-state index in [4.69, 9.17) is 10.5 Å². The second kappa shape index (κ2) is 7.19. The van der Waals surface area contributed by atoms with Crippen molar-refractivity contribution in [2.45, 2.75) is 33.2 Å². The van der Waals surface area contributed by atoms with E-state index >= 15 is 0 Å². The maximum absolute atomic E-state index is 12.2. The summed E-state index contributed by atoms with van der Waals surface area (Å²) in [7, 11) is 1.56. The first-order chi connectivity index (χ1) is 10.9. The molecule has 1 atom stereocenters. The quantitative estimate of drug-likeness (QED) is 0.831. The number of benzene rings is 1. The highest BCUT2D eigenvalue weighted by Gasteiger charge is 2.17. The molecular weight excluding hydrogens is 296 g/mol. The van der Waals surface area contributed by atoms with Crippen LogP contribution in [-0.4, -0.2) is 39.3 Å². The number of carbonyl (C=O) groups excluding carboxylic acids is 1. The first-order valence-electron chi connectivity index (χ1n) is 7.42. The minimum Gasteiger partial charge on any atom is -0.494 e. The Morgan fingerprint density at radius 1 is 1.43 bits per heavy atom. The molecular formula is C15H22N6O2. The summed E-state index contributed by atoms with van der Waals surface area (Å²) in [6.07, 6.45) is 0.626. The van der Waals surface area contributed by atoms with Crippen LogP contribution in [0.4, 0.5) is 5.69 Å². The minimum atomic E-state index is -0.546. The van der Waals surface area contributed by atoms with Crippen LogP contribution in [0.1, 0.15) is 26.1 Å². The fraction of sp³-hybridized carbons (Fsp3) is 0.467. The summed E-state index contributed by atoms with van der Waals surface area (Å²) in [6.45, 7) is 5.83. The van der Waals surface area contributed by atoms with Crippen LogP contribution in [0.15, 0.2) is 18.2 Å². The van der Waals surface area contributed by atoms with E-state index in [1.165, 1.54) is 0 Å². The highest BCUT2D eigenvalue weighted by atomic mass is 16.5. The van der Waals surface area contributed by atoms with Gasteiger partial charge in [0, 0.05) is 5.69 Å². The second-order valence-electron chi connectivity index (χ2n) is 5.75. The summed E-state index contributed by atoms with van der Waals surface area (Å²) in [5, 5.41) is 14.2. The number of rotatable bonds is 6.